The standard InChI is InChI=1S/C19H19FN4O3S/c1-10(2)17-16(11(3)24-27-17)18(26)23-22-15(25)8-14-9-28-19(21-14)12-4-6-13(20)7-5-12/h4-7,9-10H,8H2,1-3H3,(H,22,25)(H,23,26). The van der Waals surface area contributed by atoms with Crippen molar-refractivity contribution in [3.63, 3.8) is 0 Å². The average molecular weight is 402 g/mol. The van der Waals surface area contributed by atoms with Gasteiger partial charge in [0, 0.05) is 16.9 Å². The molecular formula is C19H19FN4O3S. The van der Waals surface area contributed by atoms with Gasteiger partial charge in [-0.1, -0.05) is 19.0 Å². The van der Waals surface area contributed by atoms with Gasteiger partial charge in [-0.3, -0.25) is 20.4 Å². The van der Waals surface area contributed by atoms with Gasteiger partial charge in [-0.05, 0) is 31.2 Å². The fourth-order valence-electron chi connectivity index (χ4n) is 2.57. The number of halogens is 1. The Labute approximate surface area is 164 Å². The molecule has 3 rings (SSSR count). The first-order chi connectivity index (χ1) is 13.3. The van der Waals surface area contributed by atoms with Gasteiger partial charge in [0.1, 0.15) is 16.4 Å². The molecule has 9 heteroatoms. The van der Waals surface area contributed by atoms with Crippen LogP contribution in [0.3, 0.4) is 0 Å². The molecule has 1 aromatic carbocycles. The Morgan fingerprint density at radius 2 is 1.93 bits per heavy atom. The second kappa shape index (κ2) is 8.30. The number of rotatable bonds is 5. The van der Waals surface area contributed by atoms with Crippen LogP contribution in [0, 0.1) is 12.7 Å². The van der Waals surface area contributed by atoms with Gasteiger partial charge in [-0.15, -0.1) is 11.3 Å². The van der Waals surface area contributed by atoms with E-state index in [1.54, 1.807) is 24.4 Å². The number of benzene rings is 1. The molecule has 2 heterocycles. The van der Waals surface area contributed by atoms with Crippen LogP contribution in [0.4, 0.5) is 4.39 Å². The molecule has 0 saturated heterocycles. The minimum Gasteiger partial charge on any atom is -0.360 e. The van der Waals surface area contributed by atoms with E-state index in [4.69, 9.17) is 4.52 Å². The lowest BCUT2D eigenvalue weighted by molar-refractivity contribution is -0.121. The van der Waals surface area contributed by atoms with Crippen molar-refractivity contribution in [2.24, 2.45) is 0 Å². The maximum atomic E-state index is 13.0. The summed E-state index contributed by atoms with van der Waals surface area (Å²) in [5.41, 5.74) is 6.87. The summed E-state index contributed by atoms with van der Waals surface area (Å²) >= 11 is 1.36. The van der Waals surface area contributed by atoms with Crippen LogP contribution in [0.15, 0.2) is 34.2 Å². The van der Waals surface area contributed by atoms with Crippen LogP contribution in [0.25, 0.3) is 10.6 Å². The summed E-state index contributed by atoms with van der Waals surface area (Å²) in [6.45, 7) is 5.44. The maximum absolute atomic E-state index is 13.0. The molecule has 2 amide bonds. The van der Waals surface area contributed by atoms with Gasteiger partial charge in [0.15, 0.2) is 5.76 Å². The summed E-state index contributed by atoms with van der Waals surface area (Å²) in [7, 11) is 0. The van der Waals surface area contributed by atoms with Gasteiger partial charge >= 0.3 is 0 Å². The SMILES string of the molecule is Cc1noc(C(C)C)c1C(=O)NNC(=O)Cc1csc(-c2ccc(F)cc2)n1. The number of aromatic nitrogens is 2. The molecule has 28 heavy (non-hydrogen) atoms. The van der Waals surface area contributed by atoms with Gasteiger partial charge in [0.25, 0.3) is 5.91 Å². The molecule has 3 aromatic rings. The number of carbonyl (C=O) groups excluding carboxylic acids is 2. The maximum Gasteiger partial charge on any atom is 0.275 e. The first-order valence-electron chi connectivity index (χ1n) is 8.61. The van der Waals surface area contributed by atoms with E-state index in [9.17, 15) is 14.0 Å². The number of aryl methyl sites for hydroxylation is 1. The average Bonchev–Trinajstić information content (AvgIpc) is 3.27. The predicted octanol–water partition coefficient (Wildman–Crippen LogP) is 3.37. The van der Waals surface area contributed by atoms with Gasteiger partial charge in [0.2, 0.25) is 5.91 Å². The monoisotopic (exact) mass is 402 g/mol. The first-order valence-corrected chi connectivity index (χ1v) is 9.48. The number of hydrogen-bond donors (Lipinski definition) is 2. The molecule has 146 valence electrons. The van der Waals surface area contributed by atoms with E-state index >= 15 is 0 Å². The Balaban J connectivity index is 1.59. The van der Waals surface area contributed by atoms with Gasteiger partial charge < -0.3 is 4.52 Å². The normalized spacial score (nSPS) is 10.9. The number of thiazole rings is 1. The summed E-state index contributed by atoms with van der Waals surface area (Å²) in [4.78, 5) is 28.9. The topological polar surface area (TPSA) is 97.1 Å². The summed E-state index contributed by atoms with van der Waals surface area (Å²) in [6, 6.07) is 5.98. The lowest BCUT2D eigenvalue weighted by atomic mass is 10.1. The molecule has 2 N–H and O–H groups in total. The Kier molecular flexibility index (Phi) is 5.84. The second-order valence-corrected chi connectivity index (χ2v) is 7.35. The third-order valence-electron chi connectivity index (χ3n) is 3.94. The highest BCUT2D eigenvalue weighted by atomic mass is 32.1. The molecule has 0 bridgehead atoms. The third kappa shape index (κ3) is 4.42. The summed E-state index contributed by atoms with van der Waals surface area (Å²) in [6.07, 6.45) is -0.00235. The highest BCUT2D eigenvalue weighted by Crippen LogP contribution is 2.24. The van der Waals surface area contributed by atoms with Crippen molar-refractivity contribution in [2.45, 2.75) is 33.1 Å². The highest BCUT2D eigenvalue weighted by molar-refractivity contribution is 7.13. The Morgan fingerprint density at radius 3 is 2.61 bits per heavy atom. The number of carbonyl (C=O) groups is 2. The van der Waals surface area contributed by atoms with E-state index in [0.29, 0.717) is 27.7 Å². The van der Waals surface area contributed by atoms with Gasteiger partial charge in [0.05, 0.1) is 17.8 Å². The van der Waals surface area contributed by atoms with Crippen molar-refractivity contribution in [3.05, 3.63) is 58.2 Å². The van der Waals surface area contributed by atoms with Crippen LogP contribution in [-0.2, 0) is 11.2 Å². The van der Waals surface area contributed by atoms with Crippen molar-refractivity contribution in [2.75, 3.05) is 0 Å². The van der Waals surface area contributed by atoms with E-state index in [-0.39, 0.29) is 18.2 Å². The number of nitrogens with one attached hydrogen (secondary N) is 2. The molecular weight excluding hydrogens is 383 g/mol. The first kappa shape index (κ1) is 19.7. The van der Waals surface area contributed by atoms with Crippen LogP contribution in [0.5, 0.6) is 0 Å². The lowest BCUT2D eigenvalue weighted by Crippen LogP contribution is -2.42. The highest BCUT2D eigenvalue weighted by Gasteiger charge is 2.23. The van der Waals surface area contributed by atoms with Crippen LogP contribution in [-0.4, -0.2) is 22.0 Å². The van der Waals surface area contributed by atoms with Crippen molar-refractivity contribution in [1.29, 1.82) is 0 Å². The molecule has 0 fully saturated rings. The fraction of sp³-hybridized carbons (Fsp3) is 0.263. The molecule has 7 nitrogen and oxygen atoms in total. The molecule has 0 aliphatic rings. The van der Waals surface area contributed by atoms with Crippen molar-refractivity contribution in [3.8, 4) is 10.6 Å². The quantitative estimate of drug-likeness (QED) is 0.638. The van der Waals surface area contributed by atoms with Crippen molar-refractivity contribution < 1.29 is 18.5 Å². The minimum atomic E-state index is -0.485. The molecule has 0 unspecified atom stereocenters. The molecule has 0 aliphatic carbocycles. The minimum absolute atomic E-state index is 0.00235. The van der Waals surface area contributed by atoms with Crippen molar-refractivity contribution in [1.82, 2.24) is 21.0 Å². The molecule has 0 saturated carbocycles. The van der Waals surface area contributed by atoms with Crippen molar-refractivity contribution >= 4 is 23.2 Å². The molecule has 0 radical (unpaired) electrons. The molecule has 2 aromatic heterocycles. The summed E-state index contributed by atoms with van der Waals surface area (Å²) in [5.74, 6) is -0.768. The number of hydrogen-bond acceptors (Lipinski definition) is 6. The Bertz CT molecular complexity index is 995. The molecule has 0 spiro atoms. The van der Waals surface area contributed by atoms with Crippen LogP contribution < -0.4 is 10.9 Å². The summed E-state index contributed by atoms with van der Waals surface area (Å²) < 4.78 is 18.2. The molecule has 0 atom stereocenters. The zero-order chi connectivity index (χ0) is 20.3. The fourth-order valence-corrected chi connectivity index (χ4v) is 3.39. The second-order valence-electron chi connectivity index (χ2n) is 6.49. The number of hydrazine groups is 1. The zero-order valence-electron chi connectivity index (χ0n) is 15.6. The summed E-state index contributed by atoms with van der Waals surface area (Å²) in [5, 5.41) is 6.25. The van der Waals surface area contributed by atoms with Crippen LogP contribution >= 0.6 is 11.3 Å². The van der Waals surface area contributed by atoms with E-state index in [1.165, 1.54) is 23.5 Å². The van der Waals surface area contributed by atoms with E-state index in [2.05, 4.69) is 21.0 Å². The largest absolute Gasteiger partial charge is 0.360 e. The van der Waals surface area contributed by atoms with E-state index in [1.807, 2.05) is 13.8 Å². The van der Waals surface area contributed by atoms with Gasteiger partial charge in [-0.2, -0.15) is 0 Å². The van der Waals surface area contributed by atoms with Crippen LogP contribution in [0.2, 0.25) is 0 Å². The number of nitrogens with zero attached hydrogens (tertiary/aromatic N) is 2. The Morgan fingerprint density at radius 1 is 1.21 bits per heavy atom. The van der Waals surface area contributed by atoms with Gasteiger partial charge in [-0.25, -0.2) is 9.37 Å². The Hall–Kier alpha value is -3.07. The molecule has 0 aliphatic heterocycles. The third-order valence-corrected chi connectivity index (χ3v) is 4.88. The lowest BCUT2D eigenvalue weighted by Gasteiger charge is -2.08. The van der Waals surface area contributed by atoms with Crippen LogP contribution in [0.1, 0.15) is 47.3 Å². The van der Waals surface area contributed by atoms with E-state index < -0.39 is 11.8 Å². The smallest absolute Gasteiger partial charge is 0.275 e. The predicted molar refractivity (Wildman–Crippen MR) is 102 cm³/mol. The van der Waals surface area contributed by atoms with E-state index in [0.717, 1.165) is 5.56 Å². The number of amides is 2. The zero-order valence-corrected chi connectivity index (χ0v) is 16.4.